The molecule has 0 radical (unpaired) electrons. The average Bonchev–Trinajstić information content (AvgIpc) is 2.38. The summed E-state index contributed by atoms with van der Waals surface area (Å²) in [5.41, 5.74) is 2.15. The first-order chi connectivity index (χ1) is 8.36. The number of nitrogens with zero attached hydrogens (tertiary/aromatic N) is 1. The van der Waals surface area contributed by atoms with Gasteiger partial charge in [0.05, 0.1) is 0 Å². The van der Waals surface area contributed by atoms with Crippen LogP contribution >= 0.6 is 0 Å². The van der Waals surface area contributed by atoms with Crippen molar-refractivity contribution in [2.24, 2.45) is 0 Å². The molecule has 0 aliphatic rings. The normalized spacial score (nSPS) is 10.4. The maximum Gasteiger partial charge on any atom is 0.120 e. The third kappa shape index (κ3) is 3.57. The predicted molar refractivity (Wildman–Crippen MR) is 67.8 cm³/mol. The SMILES string of the molecule is Oc1ccccc1CNCCc1cccnc1. The van der Waals surface area contributed by atoms with E-state index in [1.54, 1.807) is 12.3 Å². The third-order valence-corrected chi connectivity index (χ3v) is 2.62. The van der Waals surface area contributed by atoms with Crippen molar-refractivity contribution >= 4 is 0 Å². The van der Waals surface area contributed by atoms with E-state index in [0.717, 1.165) is 18.5 Å². The standard InChI is InChI=1S/C14H16N2O/c17-14-6-2-1-5-13(14)11-16-9-7-12-4-3-8-15-10-12/h1-6,8,10,16-17H,7,9,11H2. The Kier molecular flexibility index (Phi) is 4.11. The molecule has 0 aliphatic carbocycles. The number of benzene rings is 1. The average molecular weight is 228 g/mol. The molecule has 1 aromatic carbocycles. The van der Waals surface area contributed by atoms with Crippen LogP contribution in [0.2, 0.25) is 0 Å². The van der Waals surface area contributed by atoms with E-state index in [0.29, 0.717) is 12.3 Å². The van der Waals surface area contributed by atoms with Gasteiger partial charge in [0.1, 0.15) is 5.75 Å². The number of aromatic nitrogens is 1. The highest BCUT2D eigenvalue weighted by molar-refractivity contribution is 5.31. The van der Waals surface area contributed by atoms with E-state index in [1.807, 2.05) is 30.5 Å². The van der Waals surface area contributed by atoms with Gasteiger partial charge in [0.15, 0.2) is 0 Å². The van der Waals surface area contributed by atoms with Gasteiger partial charge in [0, 0.05) is 24.5 Å². The fourth-order valence-electron chi connectivity index (χ4n) is 1.66. The molecule has 1 heterocycles. The van der Waals surface area contributed by atoms with Gasteiger partial charge in [0.2, 0.25) is 0 Å². The minimum atomic E-state index is 0.348. The Labute approximate surface area is 101 Å². The Morgan fingerprint density at radius 1 is 1.12 bits per heavy atom. The summed E-state index contributed by atoms with van der Waals surface area (Å²) in [5, 5.41) is 12.9. The molecule has 0 fully saturated rings. The second-order valence-electron chi connectivity index (χ2n) is 3.92. The van der Waals surface area contributed by atoms with Gasteiger partial charge in [-0.1, -0.05) is 24.3 Å². The van der Waals surface area contributed by atoms with E-state index in [-0.39, 0.29) is 0 Å². The van der Waals surface area contributed by atoms with Crippen LogP contribution in [0.5, 0.6) is 5.75 Å². The Morgan fingerprint density at radius 2 is 2.00 bits per heavy atom. The van der Waals surface area contributed by atoms with Crippen LogP contribution in [0.1, 0.15) is 11.1 Å². The largest absolute Gasteiger partial charge is 0.508 e. The topological polar surface area (TPSA) is 45.1 Å². The summed E-state index contributed by atoms with van der Waals surface area (Å²) in [6.07, 6.45) is 4.60. The molecular formula is C14H16N2O. The number of phenols is 1. The van der Waals surface area contributed by atoms with Gasteiger partial charge >= 0.3 is 0 Å². The molecule has 0 unspecified atom stereocenters. The molecule has 0 amide bonds. The summed E-state index contributed by atoms with van der Waals surface area (Å²) in [6.45, 7) is 1.56. The van der Waals surface area contributed by atoms with Gasteiger partial charge in [-0.15, -0.1) is 0 Å². The van der Waals surface area contributed by atoms with Crippen LogP contribution in [0.3, 0.4) is 0 Å². The minimum Gasteiger partial charge on any atom is -0.508 e. The molecule has 0 saturated heterocycles. The molecule has 88 valence electrons. The lowest BCUT2D eigenvalue weighted by Gasteiger charge is -2.06. The number of pyridine rings is 1. The molecule has 17 heavy (non-hydrogen) atoms. The van der Waals surface area contributed by atoms with E-state index in [9.17, 15) is 5.11 Å². The number of hydrogen-bond donors (Lipinski definition) is 2. The van der Waals surface area contributed by atoms with Gasteiger partial charge in [0.25, 0.3) is 0 Å². The molecule has 2 N–H and O–H groups in total. The van der Waals surface area contributed by atoms with E-state index >= 15 is 0 Å². The zero-order chi connectivity index (χ0) is 11.9. The third-order valence-electron chi connectivity index (χ3n) is 2.62. The lowest BCUT2D eigenvalue weighted by atomic mass is 10.2. The van der Waals surface area contributed by atoms with Gasteiger partial charge in [-0.3, -0.25) is 4.98 Å². The lowest BCUT2D eigenvalue weighted by molar-refractivity contribution is 0.464. The van der Waals surface area contributed by atoms with Crippen molar-refractivity contribution < 1.29 is 5.11 Å². The number of aromatic hydroxyl groups is 1. The zero-order valence-corrected chi connectivity index (χ0v) is 9.63. The zero-order valence-electron chi connectivity index (χ0n) is 9.63. The number of hydrogen-bond acceptors (Lipinski definition) is 3. The highest BCUT2D eigenvalue weighted by atomic mass is 16.3. The van der Waals surface area contributed by atoms with E-state index in [2.05, 4.69) is 16.4 Å². The molecule has 0 saturated carbocycles. The van der Waals surface area contributed by atoms with Crippen molar-refractivity contribution in [1.82, 2.24) is 10.3 Å². The first kappa shape index (κ1) is 11.6. The maximum atomic E-state index is 9.58. The first-order valence-corrected chi connectivity index (χ1v) is 5.73. The second-order valence-corrected chi connectivity index (χ2v) is 3.92. The van der Waals surface area contributed by atoms with Gasteiger partial charge in [-0.05, 0) is 30.7 Å². The smallest absolute Gasteiger partial charge is 0.120 e. The molecule has 2 aromatic rings. The second kappa shape index (κ2) is 6.01. The minimum absolute atomic E-state index is 0.348. The molecule has 1 aromatic heterocycles. The summed E-state index contributed by atoms with van der Waals surface area (Å²) in [7, 11) is 0. The van der Waals surface area contributed by atoms with Crippen molar-refractivity contribution in [3.05, 3.63) is 59.9 Å². The molecule has 0 atom stereocenters. The van der Waals surface area contributed by atoms with Crippen LogP contribution in [-0.2, 0) is 13.0 Å². The van der Waals surface area contributed by atoms with Crippen LogP contribution in [0.4, 0.5) is 0 Å². The van der Waals surface area contributed by atoms with Crippen LogP contribution < -0.4 is 5.32 Å². The highest BCUT2D eigenvalue weighted by Gasteiger charge is 1.98. The van der Waals surface area contributed by atoms with E-state index in [4.69, 9.17) is 0 Å². The first-order valence-electron chi connectivity index (χ1n) is 5.73. The predicted octanol–water partition coefficient (Wildman–Crippen LogP) is 2.12. The van der Waals surface area contributed by atoms with Crippen molar-refractivity contribution in [3.8, 4) is 5.75 Å². The van der Waals surface area contributed by atoms with Crippen LogP contribution in [0.15, 0.2) is 48.8 Å². The maximum absolute atomic E-state index is 9.58. The fourth-order valence-corrected chi connectivity index (χ4v) is 1.66. The molecule has 0 spiro atoms. The molecule has 0 bridgehead atoms. The number of rotatable bonds is 5. The Bertz CT molecular complexity index is 457. The molecule has 2 rings (SSSR count). The van der Waals surface area contributed by atoms with E-state index in [1.165, 1.54) is 5.56 Å². The lowest BCUT2D eigenvalue weighted by Crippen LogP contribution is -2.16. The highest BCUT2D eigenvalue weighted by Crippen LogP contribution is 2.14. The van der Waals surface area contributed by atoms with Crippen molar-refractivity contribution in [2.75, 3.05) is 6.54 Å². The fraction of sp³-hybridized carbons (Fsp3) is 0.214. The summed E-state index contributed by atoms with van der Waals surface area (Å²) < 4.78 is 0. The van der Waals surface area contributed by atoms with Gasteiger partial charge in [-0.25, -0.2) is 0 Å². The van der Waals surface area contributed by atoms with Crippen molar-refractivity contribution in [3.63, 3.8) is 0 Å². The van der Waals surface area contributed by atoms with Gasteiger partial charge < -0.3 is 10.4 Å². The Morgan fingerprint density at radius 3 is 2.76 bits per heavy atom. The quantitative estimate of drug-likeness (QED) is 0.770. The van der Waals surface area contributed by atoms with Gasteiger partial charge in [-0.2, -0.15) is 0 Å². The van der Waals surface area contributed by atoms with Crippen molar-refractivity contribution in [1.29, 1.82) is 0 Å². The number of phenolic OH excluding ortho intramolecular Hbond substituents is 1. The summed E-state index contributed by atoms with van der Waals surface area (Å²) in [4.78, 5) is 4.07. The van der Waals surface area contributed by atoms with E-state index < -0.39 is 0 Å². The Balaban J connectivity index is 1.76. The molecule has 3 nitrogen and oxygen atoms in total. The molecule has 0 aliphatic heterocycles. The molecular weight excluding hydrogens is 212 g/mol. The van der Waals surface area contributed by atoms with Crippen molar-refractivity contribution in [2.45, 2.75) is 13.0 Å². The summed E-state index contributed by atoms with van der Waals surface area (Å²) >= 11 is 0. The number of nitrogens with one attached hydrogen (secondary N) is 1. The monoisotopic (exact) mass is 228 g/mol. The Hall–Kier alpha value is -1.87. The number of para-hydroxylation sites is 1. The summed E-state index contributed by atoms with van der Waals surface area (Å²) in [6, 6.07) is 11.4. The van der Waals surface area contributed by atoms with Crippen LogP contribution in [0.25, 0.3) is 0 Å². The van der Waals surface area contributed by atoms with Crippen LogP contribution in [0, 0.1) is 0 Å². The van der Waals surface area contributed by atoms with Crippen LogP contribution in [-0.4, -0.2) is 16.6 Å². The summed E-state index contributed by atoms with van der Waals surface area (Å²) in [5.74, 6) is 0.348. The molecule has 3 heteroatoms.